The maximum absolute atomic E-state index is 10.5. The zero-order valence-corrected chi connectivity index (χ0v) is 11.8. The molecule has 21 heavy (non-hydrogen) atoms. The third-order valence-corrected chi connectivity index (χ3v) is 2.93. The molecule has 0 saturated carbocycles. The lowest BCUT2D eigenvalue weighted by molar-refractivity contribution is -0.384. The standard InChI is InChI=1S/C14H18N4O3/c1-12(11-17-9-2-7-16-17)15-8-10-21-14-5-3-13(4-6-14)18(19)20/h2-7,9,12,15H,8,10-11H2,1H3. The highest BCUT2D eigenvalue weighted by Gasteiger charge is 2.05. The van der Waals surface area contributed by atoms with E-state index in [2.05, 4.69) is 17.3 Å². The van der Waals surface area contributed by atoms with Crippen LogP contribution in [0.25, 0.3) is 0 Å². The Labute approximate surface area is 122 Å². The number of ether oxygens (including phenoxy) is 1. The van der Waals surface area contributed by atoms with Crippen molar-refractivity contribution in [2.75, 3.05) is 13.2 Å². The van der Waals surface area contributed by atoms with Gasteiger partial charge in [0.05, 0.1) is 11.5 Å². The van der Waals surface area contributed by atoms with Crippen LogP contribution in [0.5, 0.6) is 5.75 Å². The molecular formula is C14H18N4O3. The summed E-state index contributed by atoms with van der Waals surface area (Å²) in [5, 5.41) is 18.0. The van der Waals surface area contributed by atoms with E-state index in [1.54, 1.807) is 18.3 Å². The first kappa shape index (κ1) is 15.0. The maximum Gasteiger partial charge on any atom is 0.269 e. The Balaban J connectivity index is 1.66. The van der Waals surface area contributed by atoms with Crippen LogP contribution >= 0.6 is 0 Å². The van der Waals surface area contributed by atoms with E-state index in [-0.39, 0.29) is 11.7 Å². The lowest BCUT2D eigenvalue weighted by Crippen LogP contribution is -2.33. The number of aromatic nitrogens is 2. The zero-order valence-electron chi connectivity index (χ0n) is 11.8. The van der Waals surface area contributed by atoms with E-state index in [4.69, 9.17) is 4.74 Å². The van der Waals surface area contributed by atoms with Gasteiger partial charge in [0.15, 0.2) is 0 Å². The molecule has 0 aliphatic rings. The number of benzene rings is 1. The maximum atomic E-state index is 10.5. The van der Waals surface area contributed by atoms with E-state index in [0.29, 0.717) is 18.9 Å². The Morgan fingerprint density at radius 1 is 1.43 bits per heavy atom. The SMILES string of the molecule is CC(Cn1cccn1)NCCOc1ccc([N+](=O)[O-])cc1. The molecule has 7 heteroatoms. The van der Waals surface area contributed by atoms with Gasteiger partial charge in [0.2, 0.25) is 0 Å². The summed E-state index contributed by atoms with van der Waals surface area (Å²) in [7, 11) is 0. The van der Waals surface area contributed by atoms with Crippen LogP contribution in [0, 0.1) is 10.1 Å². The van der Waals surface area contributed by atoms with Crippen molar-refractivity contribution in [3.63, 3.8) is 0 Å². The number of nitrogens with zero attached hydrogens (tertiary/aromatic N) is 3. The summed E-state index contributed by atoms with van der Waals surface area (Å²) < 4.78 is 7.39. The van der Waals surface area contributed by atoms with Crippen LogP contribution in [-0.2, 0) is 6.54 Å². The highest BCUT2D eigenvalue weighted by atomic mass is 16.6. The molecule has 0 amide bonds. The van der Waals surface area contributed by atoms with Gasteiger partial charge in [-0.3, -0.25) is 14.8 Å². The smallest absolute Gasteiger partial charge is 0.269 e. The normalized spacial score (nSPS) is 12.0. The number of rotatable bonds is 8. The average Bonchev–Trinajstić information content (AvgIpc) is 2.97. The molecule has 0 fully saturated rings. The largest absolute Gasteiger partial charge is 0.492 e. The summed E-state index contributed by atoms with van der Waals surface area (Å²) in [6.45, 7) is 4.07. The topological polar surface area (TPSA) is 82.2 Å². The zero-order chi connectivity index (χ0) is 15.1. The van der Waals surface area contributed by atoms with Crippen molar-refractivity contribution in [3.8, 4) is 5.75 Å². The third-order valence-electron chi connectivity index (χ3n) is 2.93. The summed E-state index contributed by atoms with van der Waals surface area (Å²) >= 11 is 0. The summed E-state index contributed by atoms with van der Waals surface area (Å²) in [6, 6.07) is 8.25. The molecule has 1 N–H and O–H groups in total. The minimum absolute atomic E-state index is 0.0633. The van der Waals surface area contributed by atoms with E-state index in [1.807, 2.05) is 16.9 Å². The molecule has 1 atom stereocenters. The first-order chi connectivity index (χ1) is 10.1. The summed E-state index contributed by atoms with van der Waals surface area (Å²) in [5.41, 5.74) is 0.0633. The van der Waals surface area contributed by atoms with Gasteiger partial charge in [-0.2, -0.15) is 5.10 Å². The van der Waals surface area contributed by atoms with Crippen LogP contribution in [0.15, 0.2) is 42.7 Å². The first-order valence-corrected chi connectivity index (χ1v) is 6.73. The molecule has 7 nitrogen and oxygen atoms in total. The Morgan fingerprint density at radius 3 is 2.81 bits per heavy atom. The predicted octanol–water partition coefficient (Wildman–Crippen LogP) is 1.85. The van der Waals surface area contributed by atoms with Crippen molar-refractivity contribution in [3.05, 3.63) is 52.8 Å². The second kappa shape index (κ2) is 7.39. The molecule has 1 aromatic heterocycles. The minimum Gasteiger partial charge on any atom is -0.492 e. The Hall–Kier alpha value is -2.41. The summed E-state index contributed by atoms with van der Waals surface area (Å²) in [5.74, 6) is 0.627. The van der Waals surface area contributed by atoms with Crippen LogP contribution < -0.4 is 10.1 Å². The monoisotopic (exact) mass is 290 g/mol. The molecule has 0 bridgehead atoms. The molecule has 0 saturated heterocycles. The Bertz CT molecular complexity index is 554. The van der Waals surface area contributed by atoms with Gasteiger partial charge in [0.25, 0.3) is 5.69 Å². The van der Waals surface area contributed by atoms with Crippen LogP contribution in [0.4, 0.5) is 5.69 Å². The molecule has 2 rings (SSSR count). The number of hydrogen-bond donors (Lipinski definition) is 1. The van der Waals surface area contributed by atoms with Crippen LogP contribution in [0.2, 0.25) is 0 Å². The van der Waals surface area contributed by atoms with Gasteiger partial charge in [0, 0.05) is 37.1 Å². The quantitative estimate of drug-likeness (QED) is 0.456. The molecule has 0 radical (unpaired) electrons. The lowest BCUT2D eigenvalue weighted by Gasteiger charge is -2.14. The van der Waals surface area contributed by atoms with Gasteiger partial charge in [0.1, 0.15) is 12.4 Å². The van der Waals surface area contributed by atoms with Gasteiger partial charge >= 0.3 is 0 Å². The van der Waals surface area contributed by atoms with E-state index < -0.39 is 4.92 Å². The molecule has 0 aliphatic carbocycles. The van der Waals surface area contributed by atoms with Crippen molar-refractivity contribution in [1.29, 1.82) is 0 Å². The fraction of sp³-hybridized carbons (Fsp3) is 0.357. The molecule has 0 aliphatic heterocycles. The molecular weight excluding hydrogens is 272 g/mol. The van der Waals surface area contributed by atoms with Crippen LogP contribution in [0.3, 0.4) is 0 Å². The fourth-order valence-electron chi connectivity index (χ4n) is 1.89. The van der Waals surface area contributed by atoms with Crippen LogP contribution in [-0.4, -0.2) is 33.9 Å². The lowest BCUT2D eigenvalue weighted by atomic mass is 10.3. The van der Waals surface area contributed by atoms with E-state index in [9.17, 15) is 10.1 Å². The highest BCUT2D eigenvalue weighted by Crippen LogP contribution is 2.16. The highest BCUT2D eigenvalue weighted by molar-refractivity contribution is 5.35. The van der Waals surface area contributed by atoms with Crippen LogP contribution in [0.1, 0.15) is 6.92 Å². The molecule has 1 heterocycles. The van der Waals surface area contributed by atoms with Gasteiger partial charge in [-0.25, -0.2) is 0 Å². The minimum atomic E-state index is -0.428. The van der Waals surface area contributed by atoms with Crippen molar-refractivity contribution in [2.45, 2.75) is 19.5 Å². The van der Waals surface area contributed by atoms with Gasteiger partial charge in [-0.15, -0.1) is 0 Å². The molecule has 1 unspecified atom stereocenters. The van der Waals surface area contributed by atoms with E-state index in [0.717, 1.165) is 6.54 Å². The summed E-state index contributed by atoms with van der Waals surface area (Å²) in [4.78, 5) is 10.1. The molecule has 0 spiro atoms. The van der Waals surface area contributed by atoms with Crippen molar-refractivity contribution >= 4 is 5.69 Å². The first-order valence-electron chi connectivity index (χ1n) is 6.73. The Kier molecular flexibility index (Phi) is 5.28. The molecule has 2 aromatic rings. The second-order valence-electron chi connectivity index (χ2n) is 4.68. The predicted molar refractivity (Wildman–Crippen MR) is 78.3 cm³/mol. The number of nitro benzene ring substituents is 1. The number of nitro groups is 1. The van der Waals surface area contributed by atoms with Gasteiger partial charge in [-0.05, 0) is 25.1 Å². The van der Waals surface area contributed by atoms with E-state index in [1.165, 1.54) is 12.1 Å². The van der Waals surface area contributed by atoms with Gasteiger partial charge < -0.3 is 10.1 Å². The van der Waals surface area contributed by atoms with Gasteiger partial charge in [-0.1, -0.05) is 0 Å². The average molecular weight is 290 g/mol. The van der Waals surface area contributed by atoms with Crippen molar-refractivity contribution in [2.24, 2.45) is 0 Å². The number of hydrogen-bond acceptors (Lipinski definition) is 5. The third kappa shape index (κ3) is 4.88. The van der Waals surface area contributed by atoms with Crippen molar-refractivity contribution < 1.29 is 9.66 Å². The Morgan fingerprint density at radius 2 is 2.19 bits per heavy atom. The number of nitrogens with one attached hydrogen (secondary N) is 1. The second-order valence-corrected chi connectivity index (χ2v) is 4.68. The summed E-state index contributed by atoms with van der Waals surface area (Å²) in [6.07, 6.45) is 3.68. The fourth-order valence-corrected chi connectivity index (χ4v) is 1.89. The number of non-ortho nitro benzene ring substituents is 1. The molecule has 1 aromatic carbocycles. The van der Waals surface area contributed by atoms with E-state index >= 15 is 0 Å². The molecule has 112 valence electrons. The van der Waals surface area contributed by atoms with Crippen molar-refractivity contribution in [1.82, 2.24) is 15.1 Å².